The van der Waals surface area contributed by atoms with Crippen molar-refractivity contribution >= 4 is 23.3 Å². The number of hydrogen-bond donors (Lipinski definition) is 1. The van der Waals surface area contributed by atoms with Crippen molar-refractivity contribution in [3.8, 4) is 0 Å². The molecule has 2 aliphatic rings. The summed E-state index contributed by atoms with van der Waals surface area (Å²) < 4.78 is 13.4. The number of rotatable bonds is 4. The highest BCUT2D eigenvalue weighted by molar-refractivity contribution is 6.33. The number of anilines is 1. The number of halogens is 2. The zero-order valence-electron chi connectivity index (χ0n) is 14.4. The van der Waals surface area contributed by atoms with E-state index in [1.165, 1.54) is 12.5 Å². The van der Waals surface area contributed by atoms with Crippen LogP contribution in [0.5, 0.6) is 0 Å². The SMILES string of the molecule is O=C(c1cnc(N[C@@H]2C[C@H]2c2cccc(F)c2)c(Cl)c1)N1CCCCC1. The number of benzene rings is 1. The Bertz CT molecular complexity index is 822. The summed E-state index contributed by atoms with van der Waals surface area (Å²) in [6.45, 7) is 1.60. The molecule has 1 N–H and O–H groups in total. The zero-order valence-corrected chi connectivity index (χ0v) is 15.2. The average Bonchev–Trinajstić information content (AvgIpc) is 3.43. The molecule has 2 aromatic rings. The number of pyridine rings is 1. The van der Waals surface area contributed by atoms with Gasteiger partial charge in [-0.25, -0.2) is 9.37 Å². The van der Waals surface area contributed by atoms with Crippen LogP contribution >= 0.6 is 11.6 Å². The third-order valence-corrected chi connectivity index (χ3v) is 5.41. The molecular formula is C20H21ClFN3O. The van der Waals surface area contributed by atoms with Crippen LogP contribution in [0.2, 0.25) is 5.02 Å². The number of aromatic nitrogens is 1. The van der Waals surface area contributed by atoms with Crippen molar-refractivity contribution in [1.82, 2.24) is 9.88 Å². The van der Waals surface area contributed by atoms with Crippen molar-refractivity contribution in [2.45, 2.75) is 37.6 Å². The first kappa shape index (κ1) is 17.3. The number of hydrogen-bond acceptors (Lipinski definition) is 3. The summed E-state index contributed by atoms with van der Waals surface area (Å²) in [6.07, 6.45) is 5.78. The molecule has 4 nitrogen and oxygen atoms in total. The topological polar surface area (TPSA) is 45.2 Å². The Balaban J connectivity index is 1.41. The fourth-order valence-electron chi connectivity index (χ4n) is 3.58. The van der Waals surface area contributed by atoms with Crippen LogP contribution in [-0.4, -0.2) is 34.9 Å². The van der Waals surface area contributed by atoms with Gasteiger partial charge in [-0.2, -0.15) is 0 Å². The monoisotopic (exact) mass is 373 g/mol. The highest BCUT2D eigenvalue weighted by Gasteiger charge is 2.39. The van der Waals surface area contributed by atoms with E-state index in [0.717, 1.165) is 37.9 Å². The van der Waals surface area contributed by atoms with Crippen LogP contribution in [0.4, 0.5) is 10.2 Å². The summed E-state index contributed by atoms with van der Waals surface area (Å²) in [5.74, 6) is 0.614. The summed E-state index contributed by atoms with van der Waals surface area (Å²) >= 11 is 6.35. The van der Waals surface area contributed by atoms with Gasteiger partial charge in [-0.3, -0.25) is 4.79 Å². The lowest BCUT2D eigenvalue weighted by atomic mass is 10.1. The fraction of sp³-hybridized carbons (Fsp3) is 0.400. The molecule has 1 aromatic heterocycles. The number of nitrogens with one attached hydrogen (secondary N) is 1. The summed E-state index contributed by atoms with van der Waals surface area (Å²) in [5.41, 5.74) is 1.51. The molecule has 4 rings (SSSR count). The van der Waals surface area contributed by atoms with E-state index < -0.39 is 0 Å². The van der Waals surface area contributed by atoms with E-state index in [2.05, 4.69) is 10.3 Å². The Morgan fingerprint density at radius 2 is 2.04 bits per heavy atom. The van der Waals surface area contributed by atoms with Gasteiger partial charge in [0.25, 0.3) is 5.91 Å². The molecule has 0 spiro atoms. The molecule has 0 unspecified atom stereocenters. The van der Waals surface area contributed by atoms with E-state index in [1.807, 2.05) is 11.0 Å². The van der Waals surface area contributed by atoms with Crippen molar-refractivity contribution in [2.24, 2.45) is 0 Å². The van der Waals surface area contributed by atoms with E-state index >= 15 is 0 Å². The van der Waals surface area contributed by atoms with Crippen LogP contribution in [0, 0.1) is 5.82 Å². The van der Waals surface area contributed by atoms with Crippen LogP contribution in [0.15, 0.2) is 36.5 Å². The van der Waals surface area contributed by atoms with Crippen LogP contribution in [0.25, 0.3) is 0 Å². The minimum Gasteiger partial charge on any atom is -0.365 e. The van der Waals surface area contributed by atoms with Gasteiger partial charge in [-0.05, 0) is 49.4 Å². The number of nitrogens with zero attached hydrogens (tertiary/aromatic N) is 2. The second kappa shape index (κ2) is 7.23. The molecule has 2 atom stereocenters. The number of piperidine rings is 1. The van der Waals surface area contributed by atoms with E-state index in [4.69, 9.17) is 11.6 Å². The van der Waals surface area contributed by atoms with Crippen LogP contribution in [-0.2, 0) is 0 Å². The molecule has 6 heteroatoms. The number of carbonyl (C=O) groups is 1. The quantitative estimate of drug-likeness (QED) is 0.860. The van der Waals surface area contributed by atoms with Gasteiger partial charge in [0.15, 0.2) is 0 Å². The summed E-state index contributed by atoms with van der Waals surface area (Å²) in [6, 6.07) is 8.56. The minimum atomic E-state index is -0.218. The standard InChI is InChI=1S/C20H21ClFN3O/c21-17-10-14(20(26)25-7-2-1-3-8-25)12-23-19(17)24-18-11-16(18)13-5-4-6-15(22)9-13/h4-6,9-10,12,16,18H,1-3,7-8,11H2,(H,23,24)/t16-,18+/m0/s1. The highest BCUT2D eigenvalue weighted by Crippen LogP contribution is 2.43. The van der Waals surface area contributed by atoms with E-state index in [-0.39, 0.29) is 23.7 Å². The van der Waals surface area contributed by atoms with E-state index in [1.54, 1.807) is 24.4 Å². The van der Waals surface area contributed by atoms with Crippen molar-refractivity contribution in [2.75, 3.05) is 18.4 Å². The normalized spacial score (nSPS) is 22.2. The molecular weight excluding hydrogens is 353 g/mol. The Morgan fingerprint density at radius 3 is 2.77 bits per heavy atom. The molecule has 0 bridgehead atoms. The van der Waals surface area contributed by atoms with Gasteiger partial charge in [-0.1, -0.05) is 23.7 Å². The maximum Gasteiger partial charge on any atom is 0.255 e. The Kier molecular flexibility index (Phi) is 4.81. The van der Waals surface area contributed by atoms with Gasteiger partial charge in [0.05, 0.1) is 10.6 Å². The molecule has 2 heterocycles. The molecule has 1 aromatic carbocycles. The lowest BCUT2D eigenvalue weighted by Crippen LogP contribution is -2.35. The molecule has 1 saturated carbocycles. The van der Waals surface area contributed by atoms with Gasteiger partial charge >= 0.3 is 0 Å². The fourth-order valence-corrected chi connectivity index (χ4v) is 3.80. The molecule has 136 valence electrons. The predicted molar refractivity (Wildman–Crippen MR) is 100 cm³/mol. The lowest BCUT2D eigenvalue weighted by molar-refractivity contribution is 0.0724. The van der Waals surface area contributed by atoms with E-state index in [9.17, 15) is 9.18 Å². The van der Waals surface area contributed by atoms with Crippen molar-refractivity contribution in [1.29, 1.82) is 0 Å². The van der Waals surface area contributed by atoms with Gasteiger partial charge in [0.1, 0.15) is 11.6 Å². The Hall–Kier alpha value is -2.14. The second-order valence-corrected chi connectivity index (χ2v) is 7.46. The maximum absolute atomic E-state index is 13.4. The summed E-state index contributed by atoms with van der Waals surface area (Å²) in [4.78, 5) is 18.8. The Morgan fingerprint density at radius 1 is 1.23 bits per heavy atom. The Labute approximate surface area is 157 Å². The average molecular weight is 374 g/mol. The predicted octanol–water partition coefficient (Wildman–Crippen LogP) is 4.47. The second-order valence-electron chi connectivity index (χ2n) is 7.06. The lowest BCUT2D eigenvalue weighted by Gasteiger charge is -2.26. The first-order valence-electron chi connectivity index (χ1n) is 9.08. The third-order valence-electron chi connectivity index (χ3n) is 5.12. The van der Waals surface area contributed by atoms with Gasteiger partial charge in [0.2, 0.25) is 0 Å². The van der Waals surface area contributed by atoms with Gasteiger partial charge < -0.3 is 10.2 Å². The molecule has 1 saturated heterocycles. The number of likely N-dealkylation sites (tertiary alicyclic amines) is 1. The molecule has 0 radical (unpaired) electrons. The minimum absolute atomic E-state index is 0.00490. The first-order chi connectivity index (χ1) is 12.6. The number of amides is 1. The van der Waals surface area contributed by atoms with Crippen molar-refractivity contribution in [3.63, 3.8) is 0 Å². The molecule has 1 amide bonds. The highest BCUT2D eigenvalue weighted by atomic mass is 35.5. The largest absolute Gasteiger partial charge is 0.365 e. The van der Waals surface area contributed by atoms with Crippen molar-refractivity contribution < 1.29 is 9.18 Å². The first-order valence-corrected chi connectivity index (χ1v) is 9.46. The van der Waals surface area contributed by atoms with E-state index in [0.29, 0.717) is 16.4 Å². The van der Waals surface area contributed by atoms with Crippen LogP contribution < -0.4 is 5.32 Å². The zero-order chi connectivity index (χ0) is 18.1. The van der Waals surface area contributed by atoms with Gasteiger partial charge in [0, 0.05) is 31.2 Å². The molecule has 1 aliphatic heterocycles. The van der Waals surface area contributed by atoms with Crippen molar-refractivity contribution in [3.05, 3.63) is 58.5 Å². The van der Waals surface area contributed by atoms with Crippen LogP contribution in [0.1, 0.15) is 47.5 Å². The maximum atomic E-state index is 13.4. The summed E-state index contributed by atoms with van der Waals surface area (Å²) in [5, 5.41) is 3.75. The number of carbonyl (C=O) groups excluding carboxylic acids is 1. The van der Waals surface area contributed by atoms with Gasteiger partial charge in [-0.15, -0.1) is 0 Å². The summed E-state index contributed by atoms with van der Waals surface area (Å²) in [7, 11) is 0. The molecule has 26 heavy (non-hydrogen) atoms. The molecule has 2 fully saturated rings. The third kappa shape index (κ3) is 3.68. The molecule has 1 aliphatic carbocycles. The smallest absolute Gasteiger partial charge is 0.255 e. The van der Waals surface area contributed by atoms with Crippen LogP contribution in [0.3, 0.4) is 0 Å².